The van der Waals surface area contributed by atoms with Gasteiger partial charge >= 0.3 is 6.09 Å². The monoisotopic (exact) mass is 455 g/mol. The Morgan fingerprint density at radius 1 is 1.22 bits per heavy atom. The Labute approximate surface area is 191 Å². The molecule has 1 saturated heterocycles. The summed E-state index contributed by atoms with van der Waals surface area (Å²) in [6, 6.07) is 7.98. The number of ether oxygens (including phenoxy) is 1. The predicted molar refractivity (Wildman–Crippen MR) is 122 cm³/mol. The SMILES string of the molecule is CC(C)(C)OC(=O)N1CCCCC1n1cnc(-c2ccc(F)cc2)c1-c1cc[nH]c(=S)n1. The number of hydrogen-bond donors (Lipinski definition) is 1. The summed E-state index contributed by atoms with van der Waals surface area (Å²) >= 11 is 5.24. The van der Waals surface area contributed by atoms with E-state index in [1.165, 1.54) is 12.1 Å². The molecule has 1 fully saturated rings. The van der Waals surface area contributed by atoms with Gasteiger partial charge in [0.25, 0.3) is 0 Å². The van der Waals surface area contributed by atoms with Crippen molar-refractivity contribution in [1.29, 1.82) is 0 Å². The van der Waals surface area contributed by atoms with Crippen LogP contribution in [0.5, 0.6) is 0 Å². The first-order valence-corrected chi connectivity index (χ1v) is 11.0. The molecule has 0 bridgehead atoms. The molecule has 168 valence electrons. The molecule has 0 aliphatic carbocycles. The number of halogens is 1. The van der Waals surface area contributed by atoms with E-state index in [0.717, 1.165) is 30.5 Å². The summed E-state index contributed by atoms with van der Waals surface area (Å²) in [6.45, 7) is 6.16. The first-order valence-electron chi connectivity index (χ1n) is 10.6. The van der Waals surface area contributed by atoms with Crippen LogP contribution in [0.3, 0.4) is 0 Å². The van der Waals surface area contributed by atoms with Crippen molar-refractivity contribution in [2.75, 3.05) is 6.54 Å². The third kappa shape index (κ3) is 4.72. The van der Waals surface area contributed by atoms with Crippen LogP contribution < -0.4 is 0 Å². The fourth-order valence-corrected chi connectivity index (χ4v) is 4.07. The van der Waals surface area contributed by atoms with Crippen molar-refractivity contribution in [3.63, 3.8) is 0 Å². The lowest BCUT2D eigenvalue weighted by atomic mass is 10.1. The van der Waals surface area contributed by atoms with Crippen LogP contribution in [0.25, 0.3) is 22.6 Å². The molecule has 0 radical (unpaired) electrons. The van der Waals surface area contributed by atoms with E-state index in [1.807, 2.05) is 31.4 Å². The number of likely N-dealkylation sites (tertiary alicyclic amines) is 1. The second kappa shape index (κ2) is 8.82. The Balaban J connectivity index is 1.83. The molecule has 3 heterocycles. The van der Waals surface area contributed by atoms with E-state index in [9.17, 15) is 9.18 Å². The van der Waals surface area contributed by atoms with E-state index in [0.29, 0.717) is 22.7 Å². The van der Waals surface area contributed by atoms with Gasteiger partial charge in [0, 0.05) is 18.3 Å². The molecule has 1 aromatic carbocycles. The van der Waals surface area contributed by atoms with Gasteiger partial charge < -0.3 is 14.3 Å². The molecule has 4 rings (SSSR count). The molecule has 0 saturated carbocycles. The maximum atomic E-state index is 13.5. The third-order valence-electron chi connectivity index (χ3n) is 5.24. The number of nitrogens with zero attached hydrogens (tertiary/aromatic N) is 4. The van der Waals surface area contributed by atoms with Crippen molar-refractivity contribution in [3.05, 3.63) is 53.4 Å². The summed E-state index contributed by atoms with van der Waals surface area (Å²) in [5.41, 5.74) is 2.15. The van der Waals surface area contributed by atoms with Gasteiger partial charge in [-0.15, -0.1) is 0 Å². The van der Waals surface area contributed by atoms with Crippen molar-refractivity contribution in [2.24, 2.45) is 0 Å². The highest BCUT2D eigenvalue weighted by Crippen LogP contribution is 2.36. The van der Waals surface area contributed by atoms with E-state index >= 15 is 0 Å². The zero-order chi connectivity index (χ0) is 22.9. The number of rotatable bonds is 3. The second-order valence-corrected chi connectivity index (χ2v) is 9.17. The van der Waals surface area contributed by atoms with E-state index in [1.54, 1.807) is 29.6 Å². The minimum Gasteiger partial charge on any atom is -0.444 e. The number of benzene rings is 1. The van der Waals surface area contributed by atoms with Crippen LogP contribution in [-0.2, 0) is 4.74 Å². The summed E-state index contributed by atoms with van der Waals surface area (Å²) in [5, 5.41) is 0. The van der Waals surface area contributed by atoms with Gasteiger partial charge in [-0.25, -0.2) is 19.2 Å². The van der Waals surface area contributed by atoms with Crippen LogP contribution in [0, 0.1) is 10.6 Å². The van der Waals surface area contributed by atoms with Gasteiger partial charge in [0.2, 0.25) is 0 Å². The van der Waals surface area contributed by atoms with E-state index in [2.05, 4.69) is 15.0 Å². The van der Waals surface area contributed by atoms with Gasteiger partial charge in [0.1, 0.15) is 17.6 Å². The quantitative estimate of drug-likeness (QED) is 0.511. The van der Waals surface area contributed by atoms with Crippen molar-refractivity contribution in [1.82, 2.24) is 24.4 Å². The smallest absolute Gasteiger partial charge is 0.411 e. The van der Waals surface area contributed by atoms with Gasteiger partial charge in [0.15, 0.2) is 4.77 Å². The van der Waals surface area contributed by atoms with E-state index < -0.39 is 5.60 Å². The standard InChI is InChI=1S/C23H26FN5O2S/c1-23(2,3)31-22(30)28-13-5-4-6-18(28)29-14-26-19(15-7-9-16(24)10-8-15)20(29)17-11-12-25-21(32)27-17/h7-12,14,18H,4-6,13H2,1-3H3,(H,25,27,32). The van der Waals surface area contributed by atoms with Crippen molar-refractivity contribution in [2.45, 2.75) is 51.8 Å². The van der Waals surface area contributed by atoms with Gasteiger partial charge in [-0.05, 0) is 82.6 Å². The van der Waals surface area contributed by atoms with E-state index in [-0.39, 0.29) is 18.1 Å². The number of hydrogen-bond acceptors (Lipinski definition) is 5. The van der Waals surface area contributed by atoms with Gasteiger partial charge in [-0.3, -0.25) is 4.90 Å². The zero-order valence-corrected chi connectivity index (χ0v) is 19.2. The average molecular weight is 456 g/mol. The Morgan fingerprint density at radius 2 is 1.97 bits per heavy atom. The summed E-state index contributed by atoms with van der Waals surface area (Å²) in [5.74, 6) is -0.321. The fraction of sp³-hybridized carbons (Fsp3) is 0.391. The first-order chi connectivity index (χ1) is 15.2. The Bertz CT molecular complexity index is 1170. The molecule has 9 heteroatoms. The summed E-state index contributed by atoms with van der Waals surface area (Å²) in [7, 11) is 0. The Morgan fingerprint density at radius 3 is 2.66 bits per heavy atom. The van der Waals surface area contributed by atoms with Crippen LogP contribution in [0.15, 0.2) is 42.9 Å². The topological polar surface area (TPSA) is 76.0 Å². The Kier molecular flexibility index (Phi) is 6.10. The normalized spacial score (nSPS) is 16.8. The van der Waals surface area contributed by atoms with Crippen molar-refractivity contribution in [3.8, 4) is 22.6 Å². The van der Waals surface area contributed by atoms with Gasteiger partial charge in [0.05, 0.1) is 23.4 Å². The first kappa shape index (κ1) is 22.1. The summed E-state index contributed by atoms with van der Waals surface area (Å²) in [6.07, 6.45) is 5.42. The van der Waals surface area contributed by atoms with Crippen LogP contribution in [-0.4, -0.2) is 42.7 Å². The molecule has 3 aromatic rings. The van der Waals surface area contributed by atoms with Crippen molar-refractivity contribution >= 4 is 18.3 Å². The number of aromatic nitrogens is 4. The molecule has 1 unspecified atom stereocenters. The highest BCUT2D eigenvalue weighted by atomic mass is 32.1. The highest BCUT2D eigenvalue weighted by molar-refractivity contribution is 7.71. The molecular formula is C23H26FN5O2S. The number of amides is 1. The average Bonchev–Trinajstić information content (AvgIpc) is 3.18. The molecule has 1 aliphatic rings. The maximum Gasteiger partial charge on any atom is 0.411 e. The molecule has 7 nitrogen and oxygen atoms in total. The summed E-state index contributed by atoms with van der Waals surface area (Å²) < 4.78 is 21.5. The van der Waals surface area contributed by atoms with Crippen molar-refractivity contribution < 1.29 is 13.9 Å². The molecule has 0 spiro atoms. The minimum atomic E-state index is -0.593. The molecule has 1 N–H and O–H groups in total. The van der Waals surface area contributed by atoms with Gasteiger partial charge in [-0.2, -0.15) is 0 Å². The lowest BCUT2D eigenvalue weighted by Gasteiger charge is -2.38. The molecule has 1 aliphatic heterocycles. The van der Waals surface area contributed by atoms with Crippen LogP contribution in [0.2, 0.25) is 0 Å². The Hall–Kier alpha value is -3.07. The number of imidazole rings is 1. The molecule has 2 aromatic heterocycles. The van der Waals surface area contributed by atoms with Crippen LogP contribution in [0.4, 0.5) is 9.18 Å². The maximum absolute atomic E-state index is 13.5. The predicted octanol–water partition coefficient (Wildman–Crippen LogP) is 5.73. The second-order valence-electron chi connectivity index (χ2n) is 8.79. The van der Waals surface area contributed by atoms with Gasteiger partial charge in [-0.1, -0.05) is 0 Å². The molecular weight excluding hydrogens is 429 g/mol. The third-order valence-corrected chi connectivity index (χ3v) is 5.45. The zero-order valence-electron chi connectivity index (χ0n) is 18.3. The lowest BCUT2D eigenvalue weighted by Crippen LogP contribution is -2.44. The number of piperidine rings is 1. The number of nitrogens with one attached hydrogen (secondary N) is 1. The number of carbonyl (C=O) groups is 1. The fourth-order valence-electron chi connectivity index (χ4n) is 3.90. The molecule has 32 heavy (non-hydrogen) atoms. The van der Waals surface area contributed by atoms with Crippen LogP contribution in [0.1, 0.15) is 46.2 Å². The highest BCUT2D eigenvalue weighted by Gasteiger charge is 2.33. The number of carbonyl (C=O) groups excluding carboxylic acids is 1. The molecule has 1 atom stereocenters. The number of aromatic amines is 1. The summed E-state index contributed by atoms with van der Waals surface area (Å²) in [4.78, 5) is 26.8. The largest absolute Gasteiger partial charge is 0.444 e. The lowest BCUT2D eigenvalue weighted by molar-refractivity contribution is -0.000903. The van der Waals surface area contributed by atoms with Crippen LogP contribution >= 0.6 is 12.2 Å². The minimum absolute atomic E-state index is 0.283. The van der Waals surface area contributed by atoms with E-state index in [4.69, 9.17) is 17.0 Å². The number of H-pyrrole nitrogens is 1. The molecule has 1 amide bonds.